The van der Waals surface area contributed by atoms with Gasteiger partial charge in [0, 0.05) is 36.8 Å². The van der Waals surface area contributed by atoms with Gasteiger partial charge in [0.05, 0.1) is 29.3 Å². The summed E-state index contributed by atoms with van der Waals surface area (Å²) in [6.07, 6.45) is 6.78. The number of halogens is 3. The Morgan fingerprint density at radius 2 is 1.91 bits per heavy atom. The number of hydrogen-bond donors (Lipinski definition) is 2. The molecule has 12 heteroatoms. The number of alkyl halides is 2. The van der Waals surface area contributed by atoms with Gasteiger partial charge < -0.3 is 15.3 Å². The average Bonchev–Trinajstić information content (AvgIpc) is 2.92. The molecule has 2 saturated carbocycles. The van der Waals surface area contributed by atoms with Crippen molar-refractivity contribution in [2.24, 2.45) is 5.41 Å². The lowest BCUT2D eigenvalue weighted by molar-refractivity contribution is 0.0581. The van der Waals surface area contributed by atoms with Gasteiger partial charge in [0.1, 0.15) is 27.3 Å². The maximum absolute atomic E-state index is 14.3. The van der Waals surface area contributed by atoms with Crippen LogP contribution in [-0.4, -0.2) is 59.7 Å². The van der Waals surface area contributed by atoms with Crippen LogP contribution in [0.5, 0.6) is 0 Å². The molecule has 33 heavy (non-hydrogen) atoms. The Labute approximate surface area is 196 Å². The van der Waals surface area contributed by atoms with Crippen molar-refractivity contribution in [2.45, 2.75) is 60.1 Å². The highest BCUT2D eigenvalue weighted by molar-refractivity contribution is 7.86. The third-order valence-corrected chi connectivity index (χ3v) is 9.13. The molecule has 176 valence electrons. The van der Waals surface area contributed by atoms with Crippen molar-refractivity contribution in [2.75, 3.05) is 29.9 Å². The second-order valence-corrected chi connectivity index (χ2v) is 11.8. The Hall–Kier alpha value is -1.98. The van der Waals surface area contributed by atoms with Crippen LogP contribution in [0.4, 0.5) is 20.5 Å². The monoisotopic (exact) mass is 496 g/mol. The van der Waals surface area contributed by atoms with Gasteiger partial charge in [-0.25, -0.2) is 19.2 Å². The molecule has 8 nitrogen and oxygen atoms in total. The van der Waals surface area contributed by atoms with Crippen LogP contribution in [0, 0.1) is 5.41 Å². The number of anilines is 2. The maximum atomic E-state index is 14.3. The second kappa shape index (κ2) is 7.26. The van der Waals surface area contributed by atoms with E-state index in [1.165, 1.54) is 0 Å². The summed E-state index contributed by atoms with van der Waals surface area (Å²) >= 11 is 5.87. The normalized spacial score (nSPS) is 26.3. The molecule has 2 aromatic heterocycles. The molecule has 0 aromatic carbocycles. The molecule has 2 aromatic rings. The largest absolute Gasteiger partial charge is 0.394 e. The lowest BCUT2D eigenvalue weighted by atomic mass is 9.57. The molecular weight excluding hydrogens is 474 g/mol. The molecule has 2 aliphatic carbocycles. The molecule has 4 heterocycles. The summed E-state index contributed by atoms with van der Waals surface area (Å²) < 4.78 is 41.1. The van der Waals surface area contributed by atoms with E-state index in [-0.39, 0.29) is 34.3 Å². The highest BCUT2D eigenvalue weighted by Gasteiger charge is 2.55. The van der Waals surface area contributed by atoms with Gasteiger partial charge in [-0.2, -0.15) is 13.8 Å². The first kappa shape index (κ1) is 21.5. The first-order valence-electron chi connectivity index (χ1n) is 11.0. The topological polar surface area (TPSA) is 104 Å². The molecule has 1 spiro atoms. The molecule has 2 N–H and O–H groups in total. The molecule has 3 fully saturated rings. The Bertz CT molecular complexity index is 1130. The van der Waals surface area contributed by atoms with Gasteiger partial charge in [0.25, 0.3) is 0 Å². The van der Waals surface area contributed by atoms with Crippen LogP contribution < -0.4 is 10.2 Å². The lowest BCUT2D eigenvalue weighted by Crippen LogP contribution is -2.62. The van der Waals surface area contributed by atoms with Gasteiger partial charge >= 0.3 is 5.25 Å². The lowest BCUT2D eigenvalue weighted by Gasteiger charge is -2.58. The van der Waals surface area contributed by atoms with E-state index in [9.17, 15) is 18.1 Å². The molecular formula is C21H23ClF2N6O2S. The molecule has 0 bridgehead atoms. The zero-order valence-corrected chi connectivity index (χ0v) is 19.3. The van der Waals surface area contributed by atoms with Crippen molar-refractivity contribution < 1.29 is 18.1 Å². The maximum Gasteiger partial charge on any atom is 0.331 e. The van der Waals surface area contributed by atoms with E-state index < -0.39 is 28.0 Å². The number of rotatable bonds is 5. The first-order chi connectivity index (χ1) is 15.7. The van der Waals surface area contributed by atoms with Crippen molar-refractivity contribution >= 4 is 34.2 Å². The predicted octanol–water partition coefficient (Wildman–Crippen LogP) is 2.89. The summed E-state index contributed by atoms with van der Waals surface area (Å²) in [4.78, 5) is 19.5. The highest BCUT2D eigenvalue weighted by atomic mass is 35.5. The second-order valence-electron chi connectivity index (χ2n) is 9.87. The third kappa shape index (κ3) is 3.42. The van der Waals surface area contributed by atoms with Crippen LogP contribution in [0.25, 0.3) is 0 Å². The zero-order chi connectivity index (χ0) is 23.0. The van der Waals surface area contributed by atoms with Crippen molar-refractivity contribution in [3.05, 3.63) is 28.9 Å². The van der Waals surface area contributed by atoms with Gasteiger partial charge in [-0.3, -0.25) is 0 Å². The van der Waals surface area contributed by atoms with E-state index in [1.54, 1.807) is 12.4 Å². The number of aliphatic hydroxyl groups excluding tert-OH is 1. The third-order valence-electron chi connectivity index (χ3n) is 7.45. The van der Waals surface area contributed by atoms with Crippen molar-refractivity contribution in [1.82, 2.24) is 19.9 Å². The SMILES string of the molecule is O=S1c2c(nc(N3CC4(CC(c5ncc(Cl)cn5)C4)C3)nc2NC2(CO)CCC2)CC1(F)F. The van der Waals surface area contributed by atoms with Gasteiger partial charge in [0.2, 0.25) is 5.95 Å². The smallest absolute Gasteiger partial charge is 0.331 e. The van der Waals surface area contributed by atoms with Crippen LogP contribution in [-0.2, 0) is 17.2 Å². The van der Waals surface area contributed by atoms with Crippen LogP contribution in [0.2, 0.25) is 5.02 Å². The number of nitrogens with one attached hydrogen (secondary N) is 1. The van der Waals surface area contributed by atoms with Crippen molar-refractivity contribution in [3.8, 4) is 0 Å². The minimum Gasteiger partial charge on any atom is -0.394 e. The van der Waals surface area contributed by atoms with E-state index >= 15 is 0 Å². The number of aromatic nitrogens is 4. The Kier molecular flexibility index (Phi) is 4.74. The Balaban J connectivity index is 1.22. The summed E-state index contributed by atoms with van der Waals surface area (Å²) in [5, 5.41) is 10.1. The van der Waals surface area contributed by atoms with Crippen molar-refractivity contribution in [3.63, 3.8) is 0 Å². The molecule has 2 aliphatic heterocycles. The summed E-state index contributed by atoms with van der Waals surface area (Å²) in [5.74, 6) is 1.62. The van der Waals surface area contributed by atoms with Crippen molar-refractivity contribution in [1.29, 1.82) is 0 Å². The molecule has 6 rings (SSSR count). The zero-order valence-electron chi connectivity index (χ0n) is 17.7. The summed E-state index contributed by atoms with van der Waals surface area (Å²) in [5.41, 5.74) is -0.353. The average molecular weight is 497 g/mol. The van der Waals surface area contributed by atoms with Gasteiger partial charge in [-0.05, 0) is 32.1 Å². The first-order valence-corrected chi connectivity index (χ1v) is 12.6. The van der Waals surface area contributed by atoms with E-state index in [2.05, 4.69) is 25.3 Å². The molecule has 4 aliphatic rings. The van der Waals surface area contributed by atoms with E-state index in [4.69, 9.17) is 11.6 Å². The Morgan fingerprint density at radius 3 is 2.52 bits per heavy atom. The quantitative estimate of drug-likeness (QED) is 0.651. The number of nitrogens with zero attached hydrogens (tertiary/aromatic N) is 5. The van der Waals surface area contributed by atoms with Gasteiger partial charge in [-0.15, -0.1) is 0 Å². The Morgan fingerprint density at radius 1 is 1.21 bits per heavy atom. The summed E-state index contributed by atoms with van der Waals surface area (Å²) in [7, 11) is -2.52. The van der Waals surface area contributed by atoms with Crippen LogP contribution in [0.1, 0.15) is 49.5 Å². The summed E-state index contributed by atoms with van der Waals surface area (Å²) in [6.45, 7) is 1.31. The standard InChI is InChI=1S/C21H23ClF2N6O2S/c22-13-7-25-16(26-8-13)12-4-19(5-12)9-30(10-19)18-27-14-6-21(23,24)33(32)15(14)17(28-18)29-20(11-31)2-1-3-20/h7-8,12,31H,1-6,9-11H2,(H,27,28,29). The van der Waals surface area contributed by atoms with Gasteiger partial charge in [-0.1, -0.05) is 11.6 Å². The fourth-order valence-corrected chi connectivity index (χ4v) is 6.74. The fraction of sp³-hybridized carbons (Fsp3) is 0.619. The number of hydrogen-bond acceptors (Lipinski definition) is 8. The molecule has 0 amide bonds. The van der Waals surface area contributed by atoms with Crippen LogP contribution >= 0.6 is 11.6 Å². The fourth-order valence-electron chi connectivity index (χ4n) is 5.48. The molecule has 1 saturated heterocycles. The predicted molar refractivity (Wildman–Crippen MR) is 118 cm³/mol. The number of fused-ring (bicyclic) bond motifs is 1. The minimum atomic E-state index is -3.37. The molecule has 0 radical (unpaired) electrons. The molecule has 1 atom stereocenters. The summed E-state index contributed by atoms with van der Waals surface area (Å²) in [6, 6.07) is 0. The van der Waals surface area contributed by atoms with Crippen LogP contribution in [0.15, 0.2) is 17.3 Å². The number of aliphatic hydroxyl groups is 1. The van der Waals surface area contributed by atoms with Gasteiger partial charge in [0.15, 0.2) is 0 Å². The van der Waals surface area contributed by atoms with E-state index in [1.807, 2.05) is 4.90 Å². The highest BCUT2D eigenvalue weighted by Crippen LogP contribution is 2.56. The van der Waals surface area contributed by atoms with E-state index in [0.717, 1.165) is 38.2 Å². The van der Waals surface area contributed by atoms with E-state index in [0.29, 0.717) is 23.8 Å². The van der Waals surface area contributed by atoms with Crippen LogP contribution in [0.3, 0.4) is 0 Å². The molecule has 1 unspecified atom stereocenters. The minimum absolute atomic E-state index is 0.0256.